The van der Waals surface area contributed by atoms with E-state index < -0.39 is 5.91 Å². The predicted molar refractivity (Wildman–Crippen MR) is 114 cm³/mol. The molecule has 0 unspecified atom stereocenters. The van der Waals surface area contributed by atoms with Crippen LogP contribution in [-0.2, 0) is 16.0 Å². The lowest BCUT2D eigenvalue weighted by Crippen LogP contribution is -2.49. The molecule has 0 spiro atoms. The highest BCUT2D eigenvalue weighted by Gasteiger charge is 2.22. The standard InChI is InChI=1S/C20H23ClN4O3S/c21-16-4-2-1-3-14(16)13-18(27)25-10-8-24(9-11-25)7-5-17(26)23-20-15(19(22)28)6-12-29-20/h1-4,6,12H,5,7-11,13H2,(H2,22,28)(H,23,26). The fourth-order valence-electron chi connectivity index (χ4n) is 3.19. The fraction of sp³-hybridized carbons (Fsp3) is 0.350. The molecule has 7 nitrogen and oxygen atoms in total. The minimum absolute atomic E-state index is 0.0622. The summed E-state index contributed by atoms with van der Waals surface area (Å²) in [7, 11) is 0. The maximum absolute atomic E-state index is 12.5. The summed E-state index contributed by atoms with van der Waals surface area (Å²) in [6.07, 6.45) is 0.606. The number of rotatable bonds is 7. The molecule has 0 saturated carbocycles. The zero-order valence-corrected chi connectivity index (χ0v) is 17.5. The molecule has 29 heavy (non-hydrogen) atoms. The first-order valence-electron chi connectivity index (χ1n) is 9.34. The summed E-state index contributed by atoms with van der Waals surface area (Å²) in [5.74, 6) is -0.654. The quantitative estimate of drug-likeness (QED) is 0.698. The molecule has 0 bridgehead atoms. The average molecular weight is 435 g/mol. The summed E-state index contributed by atoms with van der Waals surface area (Å²) < 4.78 is 0. The van der Waals surface area contributed by atoms with Crippen LogP contribution in [0.2, 0.25) is 5.02 Å². The van der Waals surface area contributed by atoms with Crippen molar-refractivity contribution in [2.45, 2.75) is 12.8 Å². The van der Waals surface area contributed by atoms with Gasteiger partial charge in [-0.2, -0.15) is 0 Å². The molecule has 154 valence electrons. The first kappa shape index (κ1) is 21.3. The Morgan fingerprint density at radius 2 is 1.83 bits per heavy atom. The minimum atomic E-state index is -0.556. The van der Waals surface area contributed by atoms with Crippen molar-refractivity contribution in [1.29, 1.82) is 0 Å². The van der Waals surface area contributed by atoms with Gasteiger partial charge in [0.05, 0.1) is 12.0 Å². The van der Waals surface area contributed by atoms with E-state index in [1.54, 1.807) is 17.5 Å². The normalized spacial score (nSPS) is 14.6. The molecule has 1 aliphatic heterocycles. The number of nitrogens with one attached hydrogen (secondary N) is 1. The number of benzene rings is 1. The van der Waals surface area contributed by atoms with E-state index in [2.05, 4.69) is 10.2 Å². The molecule has 3 N–H and O–H groups in total. The van der Waals surface area contributed by atoms with Crippen molar-refractivity contribution in [3.05, 3.63) is 51.9 Å². The summed E-state index contributed by atoms with van der Waals surface area (Å²) in [6.45, 7) is 3.28. The maximum atomic E-state index is 12.5. The Morgan fingerprint density at radius 1 is 1.10 bits per heavy atom. The zero-order chi connectivity index (χ0) is 20.8. The van der Waals surface area contributed by atoms with Crippen LogP contribution in [0.4, 0.5) is 5.00 Å². The van der Waals surface area contributed by atoms with Crippen LogP contribution in [0.15, 0.2) is 35.7 Å². The Kier molecular flexibility index (Phi) is 7.24. The number of hydrogen-bond donors (Lipinski definition) is 2. The van der Waals surface area contributed by atoms with Crippen molar-refractivity contribution < 1.29 is 14.4 Å². The number of hydrogen-bond acceptors (Lipinski definition) is 5. The first-order valence-corrected chi connectivity index (χ1v) is 10.6. The molecule has 0 atom stereocenters. The van der Waals surface area contributed by atoms with Crippen molar-refractivity contribution in [3.8, 4) is 0 Å². The number of primary amides is 1. The Bertz CT molecular complexity index is 893. The second-order valence-electron chi connectivity index (χ2n) is 6.82. The number of amides is 3. The molecule has 0 aliphatic carbocycles. The molecule has 2 heterocycles. The van der Waals surface area contributed by atoms with Gasteiger partial charge in [-0.1, -0.05) is 29.8 Å². The van der Waals surface area contributed by atoms with Crippen LogP contribution in [0.25, 0.3) is 0 Å². The minimum Gasteiger partial charge on any atom is -0.366 e. The van der Waals surface area contributed by atoms with Gasteiger partial charge in [0.2, 0.25) is 11.8 Å². The predicted octanol–water partition coefficient (Wildman–Crippen LogP) is 2.22. The summed E-state index contributed by atoms with van der Waals surface area (Å²) >= 11 is 7.41. The number of carbonyl (C=O) groups excluding carboxylic acids is 3. The molecule has 1 aromatic heterocycles. The maximum Gasteiger partial charge on any atom is 0.251 e. The summed E-state index contributed by atoms with van der Waals surface area (Å²) in [6, 6.07) is 8.97. The van der Waals surface area contributed by atoms with Crippen molar-refractivity contribution in [1.82, 2.24) is 9.80 Å². The third kappa shape index (κ3) is 5.79. The molecule has 1 aliphatic rings. The van der Waals surface area contributed by atoms with Gasteiger partial charge in [0.25, 0.3) is 5.91 Å². The Labute approximate surface area is 178 Å². The van der Waals surface area contributed by atoms with E-state index in [4.69, 9.17) is 17.3 Å². The summed E-state index contributed by atoms with van der Waals surface area (Å²) in [4.78, 5) is 40.0. The lowest BCUT2D eigenvalue weighted by Gasteiger charge is -2.34. The van der Waals surface area contributed by atoms with Crippen LogP contribution in [0, 0.1) is 0 Å². The SMILES string of the molecule is NC(=O)c1ccsc1NC(=O)CCN1CCN(C(=O)Cc2ccccc2Cl)CC1. The number of nitrogens with two attached hydrogens (primary N) is 1. The number of carbonyl (C=O) groups is 3. The highest BCUT2D eigenvalue weighted by atomic mass is 35.5. The second-order valence-corrected chi connectivity index (χ2v) is 8.14. The number of halogens is 1. The molecule has 1 aromatic carbocycles. The molecule has 1 fully saturated rings. The van der Waals surface area contributed by atoms with Crippen LogP contribution in [0.1, 0.15) is 22.3 Å². The van der Waals surface area contributed by atoms with Crippen LogP contribution in [0.5, 0.6) is 0 Å². The van der Waals surface area contributed by atoms with Gasteiger partial charge in [-0.3, -0.25) is 19.3 Å². The second kappa shape index (κ2) is 9.87. The van der Waals surface area contributed by atoms with Gasteiger partial charge in [-0.05, 0) is 23.1 Å². The topological polar surface area (TPSA) is 95.7 Å². The van der Waals surface area contributed by atoms with Gasteiger partial charge in [0.15, 0.2) is 0 Å². The zero-order valence-electron chi connectivity index (χ0n) is 15.9. The van der Waals surface area contributed by atoms with E-state index in [1.165, 1.54) is 11.3 Å². The van der Waals surface area contributed by atoms with Gasteiger partial charge < -0.3 is 16.0 Å². The molecule has 1 saturated heterocycles. The number of nitrogens with zero attached hydrogens (tertiary/aromatic N) is 2. The lowest BCUT2D eigenvalue weighted by atomic mass is 10.1. The Morgan fingerprint density at radius 3 is 2.52 bits per heavy atom. The highest BCUT2D eigenvalue weighted by molar-refractivity contribution is 7.14. The number of thiophene rings is 1. The lowest BCUT2D eigenvalue weighted by molar-refractivity contribution is -0.132. The molecule has 9 heteroatoms. The summed E-state index contributed by atoms with van der Waals surface area (Å²) in [5, 5.41) is 5.55. The van der Waals surface area contributed by atoms with E-state index in [1.807, 2.05) is 23.1 Å². The van der Waals surface area contributed by atoms with Crippen LogP contribution in [-0.4, -0.2) is 60.2 Å². The first-order chi connectivity index (χ1) is 13.9. The third-order valence-corrected chi connectivity index (χ3v) is 6.06. The largest absolute Gasteiger partial charge is 0.366 e. The van der Waals surface area contributed by atoms with Crippen molar-refractivity contribution in [2.75, 3.05) is 38.0 Å². The molecule has 0 radical (unpaired) electrons. The van der Waals surface area contributed by atoms with Gasteiger partial charge in [0, 0.05) is 44.2 Å². The van der Waals surface area contributed by atoms with E-state index in [9.17, 15) is 14.4 Å². The van der Waals surface area contributed by atoms with Crippen molar-refractivity contribution in [2.24, 2.45) is 5.73 Å². The van der Waals surface area contributed by atoms with Crippen LogP contribution < -0.4 is 11.1 Å². The number of piperazine rings is 1. The number of anilines is 1. The monoisotopic (exact) mass is 434 g/mol. The van der Waals surface area contributed by atoms with Crippen LogP contribution >= 0.6 is 22.9 Å². The van der Waals surface area contributed by atoms with E-state index in [-0.39, 0.29) is 11.8 Å². The molecule has 3 amide bonds. The fourth-order valence-corrected chi connectivity index (χ4v) is 4.20. The van der Waals surface area contributed by atoms with Gasteiger partial charge in [-0.25, -0.2) is 0 Å². The third-order valence-electron chi connectivity index (χ3n) is 4.86. The Hall–Kier alpha value is -2.42. The summed E-state index contributed by atoms with van der Waals surface area (Å²) in [5.41, 5.74) is 6.45. The molecular formula is C20H23ClN4O3S. The average Bonchev–Trinajstić information content (AvgIpc) is 3.17. The van der Waals surface area contributed by atoms with E-state index in [0.29, 0.717) is 61.2 Å². The highest BCUT2D eigenvalue weighted by Crippen LogP contribution is 2.23. The molecule has 3 rings (SSSR count). The van der Waals surface area contributed by atoms with Crippen molar-refractivity contribution in [3.63, 3.8) is 0 Å². The van der Waals surface area contributed by atoms with Crippen LogP contribution in [0.3, 0.4) is 0 Å². The smallest absolute Gasteiger partial charge is 0.251 e. The van der Waals surface area contributed by atoms with E-state index in [0.717, 1.165) is 5.56 Å². The van der Waals surface area contributed by atoms with Gasteiger partial charge in [-0.15, -0.1) is 11.3 Å². The Balaban J connectivity index is 1.41. The van der Waals surface area contributed by atoms with E-state index >= 15 is 0 Å². The van der Waals surface area contributed by atoms with Gasteiger partial charge >= 0.3 is 0 Å². The molecular weight excluding hydrogens is 412 g/mol. The van der Waals surface area contributed by atoms with Crippen molar-refractivity contribution >= 4 is 45.7 Å². The molecule has 2 aromatic rings. The van der Waals surface area contributed by atoms with Gasteiger partial charge in [0.1, 0.15) is 5.00 Å².